The first-order valence-electron chi connectivity index (χ1n) is 6.67. The summed E-state index contributed by atoms with van der Waals surface area (Å²) in [4.78, 5) is 17.3. The van der Waals surface area contributed by atoms with Crippen molar-refractivity contribution < 1.29 is 14.3 Å². The van der Waals surface area contributed by atoms with Crippen LogP contribution in [0.5, 0.6) is 0 Å². The van der Waals surface area contributed by atoms with Gasteiger partial charge in [0.2, 0.25) is 0 Å². The molecule has 1 aliphatic rings. The van der Waals surface area contributed by atoms with Crippen molar-refractivity contribution >= 4 is 22.6 Å². The molecule has 3 rings (SSSR count). The fourth-order valence-corrected chi connectivity index (χ4v) is 2.75. The number of halogens is 1. The first-order chi connectivity index (χ1) is 9.65. The largest absolute Gasteiger partial charge is 0.481 e. The number of aromatic nitrogens is 1. The predicted molar refractivity (Wildman–Crippen MR) is 74.3 cm³/mol. The highest BCUT2D eigenvalue weighted by molar-refractivity contribution is 5.91. The van der Waals surface area contributed by atoms with E-state index in [9.17, 15) is 9.18 Å². The average molecular weight is 274 g/mol. The minimum atomic E-state index is -0.716. The highest BCUT2D eigenvalue weighted by atomic mass is 19.1. The average Bonchev–Trinajstić information content (AvgIpc) is 2.46. The van der Waals surface area contributed by atoms with Crippen LogP contribution < -0.4 is 4.90 Å². The number of nitrogens with zero attached hydrogens (tertiary/aromatic N) is 2. The summed E-state index contributed by atoms with van der Waals surface area (Å²) < 4.78 is 13.2. The minimum Gasteiger partial charge on any atom is -0.481 e. The summed E-state index contributed by atoms with van der Waals surface area (Å²) in [6.07, 6.45) is 2.95. The molecule has 0 radical (unpaired) electrons. The van der Waals surface area contributed by atoms with Gasteiger partial charge in [-0.1, -0.05) is 0 Å². The van der Waals surface area contributed by atoms with E-state index in [1.807, 2.05) is 6.07 Å². The lowest BCUT2D eigenvalue weighted by molar-refractivity contribution is -0.142. The summed E-state index contributed by atoms with van der Waals surface area (Å²) in [5.41, 5.74) is 1.63. The van der Waals surface area contributed by atoms with Gasteiger partial charge in [-0.2, -0.15) is 0 Å². The number of carboxylic acids is 1. The molecule has 1 aromatic heterocycles. The van der Waals surface area contributed by atoms with Crippen LogP contribution in [0.4, 0.5) is 10.1 Å². The third-order valence-corrected chi connectivity index (χ3v) is 3.87. The molecule has 1 N–H and O–H groups in total. The van der Waals surface area contributed by atoms with Gasteiger partial charge in [-0.15, -0.1) is 0 Å². The molecule has 0 unspecified atom stereocenters. The summed E-state index contributed by atoms with van der Waals surface area (Å²) in [6, 6.07) is 6.48. The van der Waals surface area contributed by atoms with Gasteiger partial charge in [0, 0.05) is 36.4 Å². The van der Waals surface area contributed by atoms with Crippen LogP contribution in [-0.2, 0) is 4.79 Å². The number of carboxylic acid groups (broad SMARTS) is 1. The minimum absolute atomic E-state index is 0.253. The van der Waals surface area contributed by atoms with Crippen molar-refractivity contribution in [2.24, 2.45) is 5.92 Å². The van der Waals surface area contributed by atoms with E-state index < -0.39 is 5.97 Å². The zero-order chi connectivity index (χ0) is 14.1. The number of hydrogen-bond acceptors (Lipinski definition) is 3. The first kappa shape index (κ1) is 12.8. The van der Waals surface area contributed by atoms with Gasteiger partial charge in [0.05, 0.1) is 11.4 Å². The van der Waals surface area contributed by atoms with E-state index in [0.29, 0.717) is 31.4 Å². The molecule has 104 valence electrons. The van der Waals surface area contributed by atoms with Crippen molar-refractivity contribution in [1.29, 1.82) is 0 Å². The molecule has 1 aromatic carbocycles. The topological polar surface area (TPSA) is 53.4 Å². The Morgan fingerprint density at radius 1 is 1.30 bits per heavy atom. The second-order valence-corrected chi connectivity index (χ2v) is 5.09. The number of pyridine rings is 1. The molecule has 20 heavy (non-hydrogen) atoms. The lowest BCUT2D eigenvalue weighted by Gasteiger charge is -2.32. The van der Waals surface area contributed by atoms with Crippen LogP contribution in [-0.4, -0.2) is 29.1 Å². The van der Waals surface area contributed by atoms with E-state index in [4.69, 9.17) is 5.11 Å². The van der Waals surface area contributed by atoms with E-state index in [2.05, 4.69) is 9.88 Å². The maximum absolute atomic E-state index is 13.2. The molecule has 0 atom stereocenters. The van der Waals surface area contributed by atoms with E-state index in [0.717, 1.165) is 11.1 Å². The Labute approximate surface area is 115 Å². The van der Waals surface area contributed by atoms with Gasteiger partial charge in [0.15, 0.2) is 0 Å². The van der Waals surface area contributed by atoms with Crippen molar-refractivity contribution in [1.82, 2.24) is 4.98 Å². The lowest BCUT2D eigenvalue weighted by atomic mass is 9.96. The molecule has 2 aromatic rings. The van der Waals surface area contributed by atoms with Crippen molar-refractivity contribution in [3.63, 3.8) is 0 Å². The molecule has 4 nitrogen and oxygen atoms in total. The number of carbonyl (C=O) groups is 1. The normalized spacial score (nSPS) is 16.6. The Morgan fingerprint density at radius 3 is 2.75 bits per heavy atom. The monoisotopic (exact) mass is 274 g/mol. The van der Waals surface area contributed by atoms with Crippen LogP contribution in [0.2, 0.25) is 0 Å². The Bertz CT molecular complexity index is 651. The smallest absolute Gasteiger partial charge is 0.306 e. The highest BCUT2D eigenvalue weighted by Gasteiger charge is 2.25. The molecular weight excluding hydrogens is 259 g/mol. The summed E-state index contributed by atoms with van der Waals surface area (Å²) in [5.74, 6) is -1.27. The Kier molecular flexibility index (Phi) is 3.26. The SMILES string of the molecule is O=C(O)C1CCN(c2ccnc3cc(F)ccc23)CC1. The molecule has 0 spiro atoms. The summed E-state index contributed by atoms with van der Waals surface area (Å²) in [7, 11) is 0. The molecule has 0 amide bonds. The van der Waals surface area contributed by atoms with Crippen LogP contribution >= 0.6 is 0 Å². The zero-order valence-corrected chi connectivity index (χ0v) is 10.9. The van der Waals surface area contributed by atoms with Crippen LogP contribution in [0, 0.1) is 11.7 Å². The zero-order valence-electron chi connectivity index (χ0n) is 10.9. The number of aliphatic carboxylic acids is 1. The summed E-state index contributed by atoms with van der Waals surface area (Å²) in [6.45, 7) is 1.40. The molecule has 1 saturated heterocycles. The third kappa shape index (κ3) is 2.31. The number of anilines is 1. The van der Waals surface area contributed by atoms with Crippen molar-refractivity contribution in [3.8, 4) is 0 Å². The second kappa shape index (κ2) is 5.07. The number of rotatable bonds is 2. The van der Waals surface area contributed by atoms with Crippen molar-refractivity contribution in [2.45, 2.75) is 12.8 Å². The quantitative estimate of drug-likeness (QED) is 0.914. The van der Waals surface area contributed by atoms with Crippen molar-refractivity contribution in [2.75, 3.05) is 18.0 Å². The molecule has 5 heteroatoms. The molecule has 1 fully saturated rings. The molecule has 1 aliphatic heterocycles. The number of benzene rings is 1. The number of hydrogen-bond donors (Lipinski definition) is 1. The molecular formula is C15H15FN2O2. The van der Waals surface area contributed by atoms with Crippen molar-refractivity contribution in [3.05, 3.63) is 36.3 Å². The molecule has 0 aliphatic carbocycles. The van der Waals surface area contributed by atoms with Gasteiger partial charge >= 0.3 is 5.97 Å². The Morgan fingerprint density at radius 2 is 2.05 bits per heavy atom. The molecule has 2 heterocycles. The predicted octanol–water partition coefficient (Wildman–Crippen LogP) is 2.67. The van der Waals surface area contributed by atoms with E-state index in [1.54, 1.807) is 12.3 Å². The maximum atomic E-state index is 13.2. The number of fused-ring (bicyclic) bond motifs is 1. The van der Waals surface area contributed by atoms with Crippen LogP contribution in [0.25, 0.3) is 10.9 Å². The van der Waals surface area contributed by atoms with Gasteiger partial charge in [-0.25, -0.2) is 4.39 Å². The van der Waals surface area contributed by atoms with Crippen LogP contribution in [0.15, 0.2) is 30.5 Å². The fourth-order valence-electron chi connectivity index (χ4n) is 2.75. The highest BCUT2D eigenvalue weighted by Crippen LogP contribution is 2.29. The second-order valence-electron chi connectivity index (χ2n) is 5.09. The number of piperidine rings is 1. The summed E-state index contributed by atoms with van der Waals surface area (Å²) >= 11 is 0. The van der Waals surface area contributed by atoms with Crippen LogP contribution in [0.3, 0.4) is 0 Å². The Hall–Kier alpha value is -2.17. The van der Waals surface area contributed by atoms with Gasteiger partial charge in [0.1, 0.15) is 5.82 Å². The third-order valence-electron chi connectivity index (χ3n) is 3.87. The summed E-state index contributed by atoms with van der Waals surface area (Å²) in [5, 5.41) is 9.93. The Balaban J connectivity index is 1.90. The van der Waals surface area contributed by atoms with E-state index >= 15 is 0 Å². The maximum Gasteiger partial charge on any atom is 0.306 e. The van der Waals surface area contributed by atoms with E-state index in [-0.39, 0.29) is 11.7 Å². The van der Waals surface area contributed by atoms with E-state index in [1.165, 1.54) is 12.1 Å². The van der Waals surface area contributed by atoms with Gasteiger partial charge in [0.25, 0.3) is 0 Å². The fraction of sp³-hybridized carbons (Fsp3) is 0.333. The molecule has 0 bridgehead atoms. The van der Waals surface area contributed by atoms with Gasteiger partial charge in [-0.3, -0.25) is 9.78 Å². The molecule has 0 saturated carbocycles. The van der Waals surface area contributed by atoms with Gasteiger partial charge < -0.3 is 10.0 Å². The lowest BCUT2D eigenvalue weighted by Crippen LogP contribution is -2.36. The van der Waals surface area contributed by atoms with Crippen LogP contribution in [0.1, 0.15) is 12.8 Å². The van der Waals surface area contributed by atoms with Gasteiger partial charge in [-0.05, 0) is 31.0 Å². The standard InChI is InChI=1S/C15H15FN2O2/c16-11-1-2-12-13(9-11)17-6-3-14(12)18-7-4-10(5-8-18)15(19)20/h1-3,6,9-10H,4-5,7-8H2,(H,19,20). The first-order valence-corrected chi connectivity index (χ1v) is 6.67.